The Kier molecular flexibility index (Phi) is 2.29. The number of hydrogen-bond acceptors (Lipinski definition) is 2. The molecule has 0 spiro atoms. The maximum atomic E-state index is 5.80. The van der Waals surface area contributed by atoms with E-state index in [-0.39, 0.29) is 6.04 Å². The van der Waals surface area contributed by atoms with Crippen LogP contribution in [0.15, 0.2) is 49.1 Å². The van der Waals surface area contributed by atoms with Gasteiger partial charge in [0.05, 0.1) is 17.3 Å². The van der Waals surface area contributed by atoms with Gasteiger partial charge in [-0.15, -0.1) is 6.58 Å². The molecule has 2 aromatic rings. The molecule has 14 heavy (non-hydrogen) atoms. The number of benzene rings is 1. The lowest BCUT2D eigenvalue weighted by Gasteiger charge is -2.06. The summed E-state index contributed by atoms with van der Waals surface area (Å²) in [5.41, 5.74) is 7.64. The van der Waals surface area contributed by atoms with Crippen molar-refractivity contribution >= 4 is 10.9 Å². The van der Waals surface area contributed by atoms with Gasteiger partial charge < -0.3 is 5.73 Å². The normalized spacial score (nSPS) is 12.6. The fourth-order valence-electron chi connectivity index (χ4n) is 1.39. The quantitative estimate of drug-likeness (QED) is 0.728. The van der Waals surface area contributed by atoms with Crippen LogP contribution in [0, 0.1) is 0 Å². The van der Waals surface area contributed by atoms with E-state index in [2.05, 4.69) is 11.6 Å². The molecule has 2 N–H and O–H groups in total. The molecule has 0 amide bonds. The summed E-state index contributed by atoms with van der Waals surface area (Å²) in [7, 11) is 0. The highest BCUT2D eigenvalue weighted by Gasteiger charge is 2.02. The summed E-state index contributed by atoms with van der Waals surface area (Å²) < 4.78 is 0. The van der Waals surface area contributed by atoms with Gasteiger partial charge in [-0.05, 0) is 12.1 Å². The first-order chi connectivity index (χ1) is 6.81. The Balaban J connectivity index is 2.56. The van der Waals surface area contributed by atoms with Crippen molar-refractivity contribution in [2.75, 3.05) is 0 Å². The number of para-hydroxylation sites is 1. The molecule has 0 saturated heterocycles. The molecule has 0 saturated carbocycles. The molecule has 0 aliphatic rings. The summed E-state index contributed by atoms with van der Waals surface area (Å²) in [6.07, 6.45) is 1.69. The van der Waals surface area contributed by atoms with Crippen LogP contribution in [-0.2, 0) is 0 Å². The van der Waals surface area contributed by atoms with Gasteiger partial charge in [0.1, 0.15) is 0 Å². The van der Waals surface area contributed by atoms with E-state index in [1.165, 1.54) is 0 Å². The van der Waals surface area contributed by atoms with Crippen molar-refractivity contribution in [1.82, 2.24) is 4.98 Å². The van der Waals surface area contributed by atoms with E-state index in [9.17, 15) is 0 Å². The van der Waals surface area contributed by atoms with E-state index in [4.69, 9.17) is 5.73 Å². The molecule has 1 aromatic carbocycles. The van der Waals surface area contributed by atoms with Crippen molar-refractivity contribution in [2.45, 2.75) is 6.04 Å². The van der Waals surface area contributed by atoms with E-state index in [1.54, 1.807) is 6.08 Å². The van der Waals surface area contributed by atoms with E-state index in [1.807, 2.05) is 36.4 Å². The van der Waals surface area contributed by atoms with Gasteiger partial charge >= 0.3 is 0 Å². The molecule has 0 aliphatic carbocycles. The number of aromatic nitrogens is 1. The molecule has 1 unspecified atom stereocenters. The van der Waals surface area contributed by atoms with Crippen LogP contribution in [0.1, 0.15) is 11.7 Å². The Morgan fingerprint density at radius 2 is 2.00 bits per heavy atom. The molecule has 1 aromatic heterocycles. The van der Waals surface area contributed by atoms with Crippen LogP contribution in [0.3, 0.4) is 0 Å². The summed E-state index contributed by atoms with van der Waals surface area (Å²) >= 11 is 0. The van der Waals surface area contributed by atoms with Crippen LogP contribution in [-0.4, -0.2) is 4.98 Å². The first kappa shape index (κ1) is 8.91. The third-order valence-corrected chi connectivity index (χ3v) is 2.22. The summed E-state index contributed by atoms with van der Waals surface area (Å²) in [4.78, 5) is 4.45. The second-order valence-corrected chi connectivity index (χ2v) is 3.19. The number of nitrogens with zero attached hydrogens (tertiary/aromatic N) is 1. The highest BCUT2D eigenvalue weighted by Crippen LogP contribution is 2.15. The van der Waals surface area contributed by atoms with Crippen molar-refractivity contribution in [2.24, 2.45) is 5.73 Å². The maximum absolute atomic E-state index is 5.80. The molecule has 70 valence electrons. The largest absolute Gasteiger partial charge is 0.319 e. The molecule has 1 atom stereocenters. The summed E-state index contributed by atoms with van der Waals surface area (Å²) in [6, 6.07) is 11.8. The van der Waals surface area contributed by atoms with Gasteiger partial charge in [-0.25, -0.2) is 0 Å². The van der Waals surface area contributed by atoms with Crippen molar-refractivity contribution in [3.8, 4) is 0 Å². The van der Waals surface area contributed by atoms with Crippen LogP contribution in [0.5, 0.6) is 0 Å². The number of hydrogen-bond donors (Lipinski definition) is 1. The summed E-state index contributed by atoms with van der Waals surface area (Å²) in [6.45, 7) is 3.65. The van der Waals surface area contributed by atoms with Crippen molar-refractivity contribution in [3.63, 3.8) is 0 Å². The number of pyridine rings is 1. The van der Waals surface area contributed by atoms with Crippen LogP contribution in [0.4, 0.5) is 0 Å². The molecule has 2 rings (SSSR count). The fourth-order valence-corrected chi connectivity index (χ4v) is 1.39. The van der Waals surface area contributed by atoms with Crippen LogP contribution < -0.4 is 5.73 Å². The third kappa shape index (κ3) is 1.52. The fraction of sp³-hybridized carbons (Fsp3) is 0.0833. The molecule has 0 radical (unpaired) electrons. The highest BCUT2D eigenvalue weighted by atomic mass is 14.8. The van der Waals surface area contributed by atoms with Gasteiger partial charge in [0.15, 0.2) is 0 Å². The lowest BCUT2D eigenvalue weighted by molar-refractivity contribution is 0.873. The summed E-state index contributed by atoms with van der Waals surface area (Å²) in [5, 5.41) is 1.13. The minimum Gasteiger partial charge on any atom is -0.319 e. The predicted octanol–water partition coefficient (Wildman–Crippen LogP) is 2.42. The van der Waals surface area contributed by atoms with Crippen LogP contribution in [0.25, 0.3) is 10.9 Å². The van der Waals surface area contributed by atoms with Gasteiger partial charge in [-0.2, -0.15) is 0 Å². The van der Waals surface area contributed by atoms with E-state index in [0.717, 1.165) is 16.6 Å². The van der Waals surface area contributed by atoms with E-state index >= 15 is 0 Å². The minimum absolute atomic E-state index is 0.181. The Morgan fingerprint density at radius 3 is 2.79 bits per heavy atom. The molecular weight excluding hydrogens is 172 g/mol. The zero-order chi connectivity index (χ0) is 9.97. The topological polar surface area (TPSA) is 38.9 Å². The molecule has 0 aliphatic heterocycles. The Bertz CT molecular complexity index is 463. The SMILES string of the molecule is C=CC(N)c1ccc2ccccc2n1. The zero-order valence-corrected chi connectivity index (χ0v) is 7.85. The predicted molar refractivity (Wildman–Crippen MR) is 58.9 cm³/mol. The zero-order valence-electron chi connectivity index (χ0n) is 7.85. The standard InChI is InChI=1S/C12H12N2/c1-2-10(13)12-8-7-9-5-3-4-6-11(9)14-12/h2-8,10H,1,13H2. The van der Waals surface area contributed by atoms with Gasteiger partial charge in [0.25, 0.3) is 0 Å². The number of fused-ring (bicyclic) bond motifs is 1. The molecule has 1 heterocycles. The second kappa shape index (κ2) is 3.60. The molecule has 2 heteroatoms. The average molecular weight is 184 g/mol. The van der Waals surface area contributed by atoms with Crippen molar-refractivity contribution in [1.29, 1.82) is 0 Å². The number of rotatable bonds is 2. The van der Waals surface area contributed by atoms with Gasteiger partial charge in [-0.3, -0.25) is 4.98 Å². The third-order valence-electron chi connectivity index (χ3n) is 2.22. The maximum Gasteiger partial charge on any atom is 0.0706 e. The van der Waals surface area contributed by atoms with Gasteiger partial charge in [-0.1, -0.05) is 30.3 Å². The van der Waals surface area contributed by atoms with Gasteiger partial charge in [0, 0.05) is 5.39 Å². The molecule has 0 fully saturated rings. The molecular formula is C12H12N2. The Hall–Kier alpha value is -1.67. The highest BCUT2D eigenvalue weighted by molar-refractivity contribution is 5.78. The van der Waals surface area contributed by atoms with E-state index < -0.39 is 0 Å². The van der Waals surface area contributed by atoms with Gasteiger partial charge in [0.2, 0.25) is 0 Å². The smallest absolute Gasteiger partial charge is 0.0706 e. The molecule has 0 bridgehead atoms. The second-order valence-electron chi connectivity index (χ2n) is 3.19. The molecule has 2 nitrogen and oxygen atoms in total. The average Bonchev–Trinajstić information content (AvgIpc) is 2.27. The lowest BCUT2D eigenvalue weighted by Crippen LogP contribution is -2.08. The Morgan fingerprint density at radius 1 is 1.21 bits per heavy atom. The lowest BCUT2D eigenvalue weighted by atomic mass is 10.1. The van der Waals surface area contributed by atoms with Crippen molar-refractivity contribution in [3.05, 3.63) is 54.7 Å². The first-order valence-corrected chi connectivity index (χ1v) is 4.55. The van der Waals surface area contributed by atoms with Crippen LogP contribution >= 0.6 is 0 Å². The number of nitrogens with two attached hydrogens (primary N) is 1. The Labute approximate surface area is 83.1 Å². The van der Waals surface area contributed by atoms with E-state index in [0.29, 0.717) is 0 Å². The monoisotopic (exact) mass is 184 g/mol. The van der Waals surface area contributed by atoms with Crippen molar-refractivity contribution < 1.29 is 0 Å². The minimum atomic E-state index is -0.181. The first-order valence-electron chi connectivity index (χ1n) is 4.55. The van der Waals surface area contributed by atoms with Crippen LogP contribution in [0.2, 0.25) is 0 Å². The summed E-state index contributed by atoms with van der Waals surface area (Å²) in [5.74, 6) is 0.